The molecule has 2 aromatic rings. The molecule has 1 aromatic heterocycles. The third kappa shape index (κ3) is 1.71. The van der Waals surface area contributed by atoms with Gasteiger partial charge in [0, 0.05) is 5.56 Å². The Morgan fingerprint density at radius 3 is 2.93 bits per heavy atom. The van der Waals surface area contributed by atoms with E-state index in [0.717, 1.165) is 11.1 Å². The van der Waals surface area contributed by atoms with Crippen molar-refractivity contribution in [2.45, 2.75) is 6.92 Å². The van der Waals surface area contributed by atoms with E-state index in [2.05, 4.69) is 10.2 Å². The molecule has 0 saturated carbocycles. The normalized spacial score (nSPS) is 10.2. The molecule has 0 aliphatic heterocycles. The number of nitrogens with one attached hydrogen (secondary N) is 1. The van der Waals surface area contributed by atoms with Crippen molar-refractivity contribution in [2.75, 3.05) is 0 Å². The molecule has 0 radical (unpaired) electrons. The highest BCUT2D eigenvalue weighted by molar-refractivity contribution is 5.69. The van der Waals surface area contributed by atoms with Crippen LogP contribution in [0.3, 0.4) is 0 Å². The van der Waals surface area contributed by atoms with Crippen molar-refractivity contribution >= 4 is 5.69 Å². The zero-order chi connectivity index (χ0) is 10.8. The summed E-state index contributed by atoms with van der Waals surface area (Å²) in [7, 11) is 0. The molecule has 0 unspecified atom stereocenters. The summed E-state index contributed by atoms with van der Waals surface area (Å²) in [6, 6.07) is 7.48. The number of nitro groups is 1. The predicted octanol–water partition coefficient (Wildman–Crippen LogP) is 2.29. The zero-order valence-electron chi connectivity index (χ0n) is 8.10. The van der Waals surface area contributed by atoms with Gasteiger partial charge in [-0.15, -0.1) is 0 Å². The number of aromatic amines is 1. The van der Waals surface area contributed by atoms with E-state index in [-0.39, 0.29) is 5.69 Å². The highest BCUT2D eigenvalue weighted by atomic mass is 16.6. The molecule has 5 nitrogen and oxygen atoms in total. The summed E-state index contributed by atoms with van der Waals surface area (Å²) in [5.41, 5.74) is 2.28. The standard InChI is InChI=1S/C10H9N3O2/c1-7-3-2-4-8(5-7)10-9(13(14)15)6-11-12-10/h2-6H,1H3,(H,11,12). The maximum absolute atomic E-state index is 10.7. The Morgan fingerprint density at radius 1 is 1.47 bits per heavy atom. The Kier molecular flexibility index (Phi) is 2.21. The fraction of sp³-hybridized carbons (Fsp3) is 0.100. The number of aromatic nitrogens is 2. The van der Waals surface area contributed by atoms with Gasteiger partial charge in [0.05, 0.1) is 4.92 Å². The molecule has 0 aliphatic rings. The Hall–Kier alpha value is -2.17. The van der Waals surface area contributed by atoms with Gasteiger partial charge in [-0.25, -0.2) is 0 Å². The van der Waals surface area contributed by atoms with Gasteiger partial charge in [0.2, 0.25) is 0 Å². The van der Waals surface area contributed by atoms with Gasteiger partial charge >= 0.3 is 5.69 Å². The van der Waals surface area contributed by atoms with Gasteiger partial charge in [-0.3, -0.25) is 15.2 Å². The Bertz CT molecular complexity index is 505. The van der Waals surface area contributed by atoms with Crippen molar-refractivity contribution in [1.29, 1.82) is 0 Å². The van der Waals surface area contributed by atoms with E-state index in [4.69, 9.17) is 0 Å². The fourth-order valence-electron chi connectivity index (χ4n) is 1.43. The minimum Gasteiger partial charge on any atom is -0.271 e. The van der Waals surface area contributed by atoms with Crippen molar-refractivity contribution in [3.05, 3.63) is 46.1 Å². The topological polar surface area (TPSA) is 71.8 Å². The molecule has 76 valence electrons. The molecule has 1 aromatic carbocycles. The van der Waals surface area contributed by atoms with Crippen LogP contribution >= 0.6 is 0 Å². The zero-order valence-corrected chi connectivity index (χ0v) is 8.10. The smallest absolute Gasteiger partial charge is 0.271 e. The molecule has 0 saturated heterocycles. The second kappa shape index (κ2) is 3.53. The third-order valence-corrected chi connectivity index (χ3v) is 2.12. The summed E-state index contributed by atoms with van der Waals surface area (Å²) in [6.07, 6.45) is 1.22. The molecule has 1 heterocycles. The minimum absolute atomic E-state index is 0.000556. The number of hydrogen-bond donors (Lipinski definition) is 1. The Morgan fingerprint density at radius 2 is 2.27 bits per heavy atom. The van der Waals surface area contributed by atoms with Crippen LogP contribution in [-0.2, 0) is 0 Å². The van der Waals surface area contributed by atoms with Crippen LogP contribution in [0.4, 0.5) is 5.69 Å². The van der Waals surface area contributed by atoms with E-state index in [1.54, 1.807) is 0 Å². The monoisotopic (exact) mass is 203 g/mol. The fourth-order valence-corrected chi connectivity index (χ4v) is 1.43. The molecule has 0 bridgehead atoms. The van der Waals surface area contributed by atoms with Gasteiger partial charge in [-0.2, -0.15) is 5.10 Å². The van der Waals surface area contributed by atoms with E-state index in [0.29, 0.717) is 5.69 Å². The van der Waals surface area contributed by atoms with E-state index in [1.807, 2.05) is 31.2 Å². The van der Waals surface area contributed by atoms with Crippen molar-refractivity contribution in [1.82, 2.24) is 10.2 Å². The lowest BCUT2D eigenvalue weighted by atomic mass is 10.1. The van der Waals surface area contributed by atoms with Crippen molar-refractivity contribution in [3.63, 3.8) is 0 Å². The first kappa shape index (κ1) is 9.39. The number of H-pyrrole nitrogens is 1. The number of benzene rings is 1. The van der Waals surface area contributed by atoms with Crippen LogP contribution in [0.2, 0.25) is 0 Å². The van der Waals surface area contributed by atoms with E-state index in [1.165, 1.54) is 6.20 Å². The molecule has 2 rings (SSSR count). The minimum atomic E-state index is -0.443. The van der Waals surface area contributed by atoms with Crippen molar-refractivity contribution in [2.24, 2.45) is 0 Å². The largest absolute Gasteiger partial charge is 0.314 e. The summed E-state index contributed by atoms with van der Waals surface area (Å²) in [5, 5.41) is 17.0. The van der Waals surface area contributed by atoms with E-state index in [9.17, 15) is 10.1 Å². The molecule has 0 atom stereocenters. The maximum atomic E-state index is 10.7. The summed E-state index contributed by atoms with van der Waals surface area (Å²) >= 11 is 0. The van der Waals surface area contributed by atoms with E-state index >= 15 is 0 Å². The van der Waals surface area contributed by atoms with Crippen LogP contribution in [0.5, 0.6) is 0 Å². The summed E-state index contributed by atoms with van der Waals surface area (Å²) in [4.78, 5) is 10.2. The van der Waals surface area contributed by atoms with Gasteiger partial charge in [0.1, 0.15) is 11.9 Å². The number of aryl methyl sites for hydroxylation is 1. The predicted molar refractivity (Wildman–Crippen MR) is 55.4 cm³/mol. The van der Waals surface area contributed by atoms with Crippen LogP contribution in [0, 0.1) is 17.0 Å². The maximum Gasteiger partial charge on any atom is 0.314 e. The van der Waals surface area contributed by atoms with Gasteiger partial charge < -0.3 is 0 Å². The number of rotatable bonds is 2. The Labute approximate surface area is 85.9 Å². The molecular formula is C10H9N3O2. The third-order valence-electron chi connectivity index (χ3n) is 2.12. The van der Waals surface area contributed by atoms with Crippen LogP contribution in [-0.4, -0.2) is 15.1 Å². The number of hydrogen-bond acceptors (Lipinski definition) is 3. The molecule has 0 aliphatic carbocycles. The number of nitrogens with zero attached hydrogens (tertiary/aromatic N) is 2. The van der Waals surface area contributed by atoms with Crippen molar-refractivity contribution in [3.8, 4) is 11.3 Å². The van der Waals surface area contributed by atoms with Crippen LogP contribution in [0.1, 0.15) is 5.56 Å². The molecule has 0 fully saturated rings. The second-order valence-electron chi connectivity index (χ2n) is 3.26. The van der Waals surface area contributed by atoms with Crippen LogP contribution < -0.4 is 0 Å². The highest BCUT2D eigenvalue weighted by Gasteiger charge is 2.17. The first-order chi connectivity index (χ1) is 7.18. The average Bonchev–Trinajstić information content (AvgIpc) is 2.65. The first-order valence-corrected chi connectivity index (χ1v) is 4.43. The van der Waals surface area contributed by atoms with Gasteiger partial charge in [0.15, 0.2) is 0 Å². The first-order valence-electron chi connectivity index (χ1n) is 4.43. The lowest BCUT2D eigenvalue weighted by Gasteiger charge is -1.98. The quantitative estimate of drug-likeness (QED) is 0.601. The Balaban J connectivity index is 2.54. The van der Waals surface area contributed by atoms with E-state index < -0.39 is 4.92 Å². The molecule has 5 heteroatoms. The molecule has 15 heavy (non-hydrogen) atoms. The molecular weight excluding hydrogens is 194 g/mol. The second-order valence-corrected chi connectivity index (χ2v) is 3.26. The summed E-state index contributed by atoms with van der Waals surface area (Å²) in [6.45, 7) is 1.94. The summed E-state index contributed by atoms with van der Waals surface area (Å²) in [5.74, 6) is 0. The lowest BCUT2D eigenvalue weighted by Crippen LogP contribution is -1.89. The SMILES string of the molecule is Cc1cccc(-c2[nH]ncc2[N+](=O)[O-])c1. The summed E-state index contributed by atoms with van der Waals surface area (Å²) < 4.78 is 0. The van der Waals surface area contributed by atoms with Crippen LogP contribution in [0.15, 0.2) is 30.5 Å². The lowest BCUT2D eigenvalue weighted by molar-refractivity contribution is -0.384. The van der Waals surface area contributed by atoms with Gasteiger partial charge in [0.25, 0.3) is 0 Å². The molecule has 0 amide bonds. The highest BCUT2D eigenvalue weighted by Crippen LogP contribution is 2.27. The molecule has 1 N–H and O–H groups in total. The van der Waals surface area contributed by atoms with Crippen molar-refractivity contribution < 1.29 is 4.92 Å². The van der Waals surface area contributed by atoms with Crippen LogP contribution in [0.25, 0.3) is 11.3 Å². The van der Waals surface area contributed by atoms with Gasteiger partial charge in [-0.1, -0.05) is 23.8 Å². The molecule has 0 spiro atoms. The average molecular weight is 203 g/mol. The van der Waals surface area contributed by atoms with Gasteiger partial charge in [-0.05, 0) is 13.0 Å².